The molecule has 7 nitrogen and oxygen atoms in total. The zero-order chi connectivity index (χ0) is 19.3. The molecule has 1 N–H and O–H groups in total. The fourth-order valence-electron chi connectivity index (χ4n) is 4.92. The number of carbonyl (C=O) groups is 2. The summed E-state index contributed by atoms with van der Waals surface area (Å²) in [4.78, 5) is 28.4. The van der Waals surface area contributed by atoms with Gasteiger partial charge in [-0.3, -0.25) is 9.69 Å². The maximum Gasteiger partial charge on any atom is 0.326 e. The van der Waals surface area contributed by atoms with Crippen molar-refractivity contribution in [3.05, 3.63) is 23.8 Å². The average Bonchev–Trinajstić information content (AvgIpc) is 3.32. The summed E-state index contributed by atoms with van der Waals surface area (Å²) in [5.41, 5.74) is 1.15. The second-order valence-electron chi connectivity index (χ2n) is 8.76. The van der Waals surface area contributed by atoms with Gasteiger partial charge in [-0.05, 0) is 68.3 Å². The number of carboxylic acid groups (broad SMARTS) is 1. The minimum absolute atomic E-state index is 0.0427. The van der Waals surface area contributed by atoms with Crippen molar-refractivity contribution in [1.82, 2.24) is 9.80 Å². The lowest BCUT2D eigenvalue weighted by atomic mass is 9.76. The Balaban J connectivity index is 1.22. The van der Waals surface area contributed by atoms with Crippen LogP contribution in [-0.2, 0) is 16.1 Å². The summed E-state index contributed by atoms with van der Waals surface area (Å²) < 4.78 is 10.8. The van der Waals surface area contributed by atoms with Crippen molar-refractivity contribution in [3.8, 4) is 11.5 Å². The van der Waals surface area contributed by atoms with Crippen LogP contribution >= 0.6 is 0 Å². The number of hydrogen-bond acceptors (Lipinski definition) is 5. The van der Waals surface area contributed by atoms with Gasteiger partial charge in [0.25, 0.3) is 0 Å². The number of amides is 1. The van der Waals surface area contributed by atoms with Crippen molar-refractivity contribution in [2.24, 2.45) is 11.3 Å². The second-order valence-corrected chi connectivity index (χ2v) is 8.76. The van der Waals surface area contributed by atoms with E-state index in [-0.39, 0.29) is 24.0 Å². The SMILES string of the molecule is O=C(O)[C@@H]1CC2(CCN(Cc3ccc4c(c3)OCO4)CC2)CN1C(=O)C1CC1. The Morgan fingerprint density at radius 1 is 1.14 bits per heavy atom. The number of fused-ring (bicyclic) bond motifs is 1. The van der Waals surface area contributed by atoms with Crippen LogP contribution in [-0.4, -0.2) is 59.3 Å². The van der Waals surface area contributed by atoms with Crippen molar-refractivity contribution in [2.75, 3.05) is 26.4 Å². The average molecular weight is 386 g/mol. The van der Waals surface area contributed by atoms with Gasteiger partial charge >= 0.3 is 5.97 Å². The highest BCUT2D eigenvalue weighted by atomic mass is 16.7. The van der Waals surface area contributed by atoms with Gasteiger partial charge in [-0.1, -0.05) is 6.07 Å². The summed E-state index contributed by atoms with van der Waals surface area (Å²) in [6.07, 6.45) is 4.31. The molecule has 0 radical (unpaired) electrons. The van der Waals surface area contributed by atoms with Crippen LogP contribution in [0.2, 0.25) is 0 Å². The Labute approximate surface area is 164 Å². The van der Waals surface area contributed by atoms with Gasteiger partial charge in [0.1, 0.15) is 6.04 Å². The molecule has 1 aromatic rings. The first-order chi connectivity index (χ1) is 13.5. The zero-order valence-corrected chi connectivity index (χ0v) is 15.9. The Bertz CT molecular complexity index is 798. The van der Waals surface area contributed by atoms with Crippen LogP contribution in [0.25, 0.3) is 0 Å². The van der Waals surface area contributed by atoms with Gasteiger partial charge in [0.15, 0.2) is 11.5 Å². The van der Waals surface area contributed by atoms with Crippen LogP contribution in [0.4, 0.5) is 0 Å². The summed E-state index contributed by atoms with van der Waals surface area (Å²) in [7, 11) is 0. The van der Waals surface area contributed by atoms with Gasteiger partial charge in [-0.15, -0.1) is 0 Å². The molecule has 1 aliphatic carbocycles. The highest BCUT2D eigenvalue weighted by Crippen LogP contribution is 2.46. The first-order valence-corrected chi connectivity index (χ1v) is 10.2. The Morgan fingerprint density at radius 3 is 2.61 bits per heavy atom. The van der Waals surface area contributed by atoms with E-state index in [9.17, 15) is 14.7 Å². The maximum atomic E-state index is 12.6. The molecule has 3 aliphatic heterocycles. The third-order valence-corrected chi connectivity index (χ3v) is 6.76. The number of aliphatic carboxylic acids is 1. The molecule has 1 amide bonds. The molecule has 5 rings (SSSR count). The number of carbonyl (C=O) groups excluding carboxylic acids is 1. The smallest absolute Gasteiger partial charge is 0.326 e. The second kappa shape index (κ2) is 6.65. The van der Waals surface area contributed by atoms with Crippen molar-refractivity contribution >= 4 is 11.9 Å². The number of rotatable bonds is 4. The highest BCUT2D eigenvalue weighted by molar-refractivity contribution is 5.87. The topological polar surface area (TPSA) is 79.3 Å². The number of benzene rings is 1. The minimum atomic E-state index is -0.853. The standard InChI is InChI=1S/C21H26N2O5/c24-19(15-2-3-15)23-12-21(10-16(23)20(25)26)5-7-22(8-6-21)11-14-1-4-17-18(9-14)28-13-27-17/h1,4,9,15-16H,2-3,5-8,10-13H2,(H,25,26)/t16-/m0/s1. The molecule has 4 aliphatic rings. The molecule has 0 aromatic heterocycles. The molecule has 1 aromatic carbocycles. The van der Waals surface area contributed by atoms with Gasteiger partial charge in [0.05, 0.1) is 0 Å². The molecule has 1 spiro atoms. The van der Waals surface area contributed by atoms with E-state index in [1.165, 1.54) is 5.56 Å². The van der Waals surface area contributed by atoms with Crippen molar-refractivity contribution in [3.63, 3.8) is 0 Å². The number of carboxylic acids is 1. The van der Waals surface area contributed by atoms with Crippen molar-refractivity contribution in [1.29, 1.82) is 0 Å². The lowest BCUT2D eigenvalue weighted by molar-refractivity contribution is -0.148. The molecular formula is C21H26N2O5. The number of piperidine rings is 1. The quantitative estimate of drug-likeness (QED) is 0.854. The molecular weight excluding hydrogens is 360 g/mol. The monoisotopic (exact) mass is 386 g/mol. The first kappa shape index (κ1) is 17.8. The minimum Gasteiger partial charge on any atom is -0.480 e. The molecule has 150 valence electrons. The predicted octanol–water partition coefficient (Wildman–Crippen LogP) is 2.09. The first-order valence-electron chi connectivity index (χ1n) is 10.2. The molecule has 7 heteroatoms. The van der Waals surface area contributed by atoms with E-state index in [0.717, 1.165) is 56.8 Å². The molecule has 0 unspecified atom stereocenters. The molecule has 1 atom stereocenters. The van der Waals surface area contributed by atoms with E-state index >= 15 is 0 Å². The van der Waals surface area contributed by atoms with Crippen LogP contribution in [0.1, 0.15) is 37.7 Å². The molecule has 28 heavy (non-hydrogen) atoms. The summed E-state index contributed by atoms with van der Waals surface area (Å²) in [5.74, 6) is 0.886. The highest BCUT2D eigenvalue weighted by Gasteiger charge is 2.51. The van der Waals surface area contributed by atoms with Crippen LogP contribution in [0.5, 0.6) is 11.5 Å². The maximum absolute atomic E-state index is 12.6. The largest absolute Gasteiger partial charge is 0.480 e. The third kappa shape index (κ3) is 3.21. The van der Waals surface area contributed by atoms with E-state index < -0.39 is 12.0 Å². The van der Waals surface area contributed by atoms with Crippen LogP contribution in [0.15, 0.2) is 18.2 Å². The van der Waals surface area contributed by atoms with E-state index in [1.54, 1.807) is 4.90 Å². The summed E-state index contributed by atoms with van der Waals surface area (Å²) in [6.45, 7) is 3.58. The number of hydrogen-bond donors (Lipinski definition) is 1. The van der Waals surface area contributed by atoms with E-state index in [4.69, 9.17) is 9.47 Å². The molecule has 2 saturated heterocycles. The van der Waals surface area contributed by atoms with Gasteiger partial charge in [0.2, 0.25) is 12.7 Å². The van der Waals surface area contributed by atoms with Crippen molar-refractivity contribution < 1.29 is 24.2 Å². The summed E-state index contributed by atoms with van der Waals surface area (Å²) >= 11 is 0. The van der Waals surface area contributed by atoms with Crippen LogP contribution in [0, 0.1) is 11.3 Å². The van der Waals surface area contributed by atoms with Crippen molar-refractivity contribution in [2.45, 2.75) is 44.7 Å². The molecule has 3 fully saturated rings. The normalized spacial score (nSPS) is 26.0. The fourth-order valence-corrected chi connectivity index (χ4v) is 4.92. The zero-order valence-electron chi connectivity index (χ0n) is 15.9. The van der Waals surface area contributed by atoms with Crippen LogP contribution in [0.3, 0.4) is 0 Å². The summed E-state index contributed by atoms with van der Waals surface area (Å²) in [6, 6.07) is 5.43. The lowest BCUT2D eigenvalue weighted by Gasteiger charge is -2.39. The molecule has 3 heterocycles. The van der Waals surface area contributed by atoms with Crippen LogP contribution < -0.4 is 9.47 Å². The van der Waals surface area contributed by atoms with E-state index in [0.29, 0.717) is 13.0 Å². The fraction of sp³-hybridized carbons (Fsp3) is 0.619. The predicted molar refractivity (Wildman–Crippen MR) is 100.0 cm³/mol. The Kier molecular flexibility index (Phi) is 4.23. The lowest BCUT2D eigenvalue weighted by Crippen LogP contribution is -2.43. The Hall–Kier alpha value is -2.28. The van der Waals surface area contributed by atoms with Gasteiger partial charge in [-0.25, -0.2) is 4.79 Å². The van der Waals surface area contributed by atoms with Gasteiger partial charge in [-0.2, -0.15) is 0 Å². The number of ether oxygens (including phenoxy) is 2. The van der Waals surface area contributed by atoms with E-state index in [1.807, 2.05) is 12.1 Å². The number of nitrogens with zero attached hydrogens (tertiary/aromatic N) is 2. The molecule has 1 saturated carbocycles. The van der Waals surface area contributed by atoms with Gasteiger partial charge in [0, 0.05) is 19.0 Å². The summed E-state index contributed by atoms with van der Waals surface area (Å²) in [5, 5.41) is 9.65. The number of likely N-dealkylation sites (tertiary alicyclic amines) is 2. The third-order valence-electron chi connectivity index (χ3n) is 6.76. The van der Waals surface area contributed by atoms with E-state index in [2.05, 4.69) is 11.0 Å². The Morgan fingerprint density at radius 2 is 1.89 bits per heavy atom. The van der Waals surface area contributed by atoms with Gasteiger partial charge < -0.3 is 19.5 Å². The molecule has 0 bridgehead atoms.